The second-order valence-corrected chi connectivity index (χ2v) is 1.55. The van der Waals surface area contributed by atoms with Crippen molar-refractivity contribution < 1.29 is 14.6 Å². The van der Waals surface area contributed by atoms with Crippen LogP contribution in [0.5, 0.6) is 0 Å². The molecule has 8 heavy (non-hydrogen) atoms. The summed E-state index contributed by atoms with van der Waals surface area (Å²) >= 11 is 0. The molecular weight excluding hydrogens is 136 g/mol. The fourth-order valence-electron chi connectivity index (χ4n) is 0.381. The summed E-state index contributed by atoms with van der Waals surface area (Å²) in [6, 6.07) is 0. The molecule has 0 radical (unpaired) electrons. The van der Waals surface area contributed by atoms with Gasteiger partial charge in [-0.05, 0) is 0 Å². The van der Waals surface area contributed by atoms with Gasteiger partial charge in [0.1, 0.15) is 0 Å². The van der Waals surface area contributed by atoms with Gasteiger partial charge < -0.3 is 9.84 Å². The van der Waals surface area contributed by atoms with Gasteiger partial charge in [-0.2, -0.15) is 0 Å². The summed E-state index contributed by atoms with van der Waals surface area (Å²) in [6.45, 7) is 0.631. The van der Waals surface area contributed by atoms with Crippen molar-refractivity contribution in [1.82, 2.24) is 0 Å². The molecule has 0 saturated carbocycles. The third kappa shape index (κ3) is 3.66. The molecule has 4 heteroatoms. The van der Waals surface area contributed by atoms with Gasteiger partial charge in [0.25, 0.3) is 0 Å². The molecule has 40 valence electrons. The van der Waals surface area contributed by atoms with Gasteiger partial charge in [-0.25, -0.2) is 0 Å². The molecule has 0 spiro atoms. The monoisotopic (exact) mass is 142 g/mol. The molecule has 0 amide bonds. The molecule has 1 rings (SSSR count). The Morgan fingerprint density at radius 3 is 2.50 bits per heavy atom. The predicted octanol–water partition coefficient (Wildman–Crippen LogP) is -0.521. The number of epoxide rings is 1. The molecule has 0 aliphatic carbocycles. The molecule has 1 saturated heterocycles. The molecule has 0 aromatic rings. The van der Waals surface area contributed by atoms with E-state index in [2.05, 4.69) is 4.74 Å². The van der Waals surface area contributed by atoms with E-state index in [4.69, 9.17) is 5.11 Å². The Kier molecular flexibility index (Phi) is 3.98. The Morgan fingerprint density at radius 2 is 2.38 bits per heavy atom. The van der Waals surface area contributed by atoms with E-state index < -0.39 is 5.97 Å². The Morgan fingerprint density at radius 1 is 1.88 bits per heavy atom. The number of aliphatic carboxylic acids is 1. The van der Waals surface area contributed by atoms with E-state index in [1.807, 2.05) is 0 Å². The molecule has 1 fully saturated rings. The fraction of sp³-hybridized carbons (Fsp3) is 0.750. The number of hydrogen-bond acceptors (Lipinski definition) is 2. The van der Waals surface area contributed by atoms with Crippen LogP contribution in [-0.4, -0.2) is 61.5 Å². The third-order valence-electron chi connectivity index (χ3n) is 0.805. The van der Waals surface area contributed by atoms with Crippen LogP contribution in [0, 0.1) is 0 Å². The predicted molar refractivity (Wildman–Crippen MR) is 27.7 cm³/mol. The molecule has 0 aromatic carbocycles. The molecule has 0 aromatic heterocycles. The van der Waals surface area contributed by atoms with E-state index in [1.165, 1.54) is 0 Å². The summed E-state index contributed by atoms with van der Waals surface area (Å²) in [4.78, 5) is 9.77. The molecule has 1 heterocycles. The van der Waals surface area contributed by atoms with Crippen molar-refractivity contribution in [2.45, 2.75) is 12.5 Å². The number of hydrogen-bond donors (Lipinski definition) is 1. The average molecular weight is 142 g/mol. The Bertz CT molecular complexity index is 89.3. The number of carboxylic acids is 1. The Hall–Kier alpha value is 0.690. The van der Waals surface area contributed by atoms with Crippen molar-refractivity contribution in [2.75, 3.05) is 6.61 Å². The van der Waals surface area contributed by atoms with E-state index in [-0.39, 0.29) is 50.3 Å². The molecular formula is C4H6CaO3+2. The first kappa shape index (κ1) is 8.69. The van der Waals surface area contributed by atoms with Crippen LogP contribution >= 0.6 is 0 Å². The maximum atomic E-state index is 9.77. The van der Waals surface area contributed by atoms with Crippen LogP contribution in [0.1, 0.15) is 6.42 Å². The van der Waals surface area contributed by atoms with Gasteiger partial charge in [-0.1, -0.05) is 0 Å². The minimum Gasteiger partial charge on any atom is -0.481 e. The second-order valence-electron chi connectivity index (χ2n) is 1.55. The van der Waals surface area contributed by atoms with Crippen LogP contribution < -0.4 is 0 Å². The maximum Gasteiger partial charge on any atom is 2.00 e. The smallest absolute Gasteiger partial charge is 0.481 e. The molecule has 0 unspecified atom stereocenters. The average Bonchev–Trinajstić information content (AvgIpc) is 2.17. The summed E-state index contributed by atoms with van der Waals surface area (Å²) < 4.78 is 4.64. The van der Waals surface area contributed by atoms with Crippen molar-refractivity contribution in [1.29, 1.82) is 0 Å². The van der Waals surface area contributed by atoms with E-state index >= 15 is 0 Å². The maximum absolute atomic E-state index is 9.77. The van der Waals surface area contributed by atoms with Gasteiger partial charge in [0.15, 0.2) is 0 Å². The summed E-state index contributed by atoms with van der Waals surface area (Å²) in [5.41, 5.74) is 0. The molecule has 1 atom stereocenters. The fourth-order valence-corrected chi connectivity index (χ4v) is 0.381. The van der Waals surface area contributed by atoms with Crippen LogP contribution in [-0.2, 0) is 9.53 Å². The minimum atomic E-state index is -0.775. The quantitative estimate of drug-likeness (QED) is 0.417. The van der Waals surface area contributed by atoms with Crippen molar-refractivity contribution in [3.8, 4) is 0 Å². The van der Waals surface area contributed by atoms with E-state index in [9.17, 15) is 4.79 Å². The van der Waals surface area contributed by atoms with Gasteiger partial charge in [-0.3, -0.25) is 4.79 Å². The summed E-state index contributed by atoms with van der Waals surface area (Å²) in [7, 11) is 0. The zero-order valence-electron chi connectivity index (χ0n) is 4.46. The Labute approximate surface area is 77.0 Å². The van der Waals surface area contributed by atoms with Crippen molar-refractivity contribution in [3.05, 3.63) is 0 Å². The van der Waals surface area contributed by atoms with Gasteiger partial charge in [-0.15, -0.1) is 0 Å². The third-order valence-corrected chi connectivity index (χ3v) is 0.805. The summed E-state index contributed by atoms with van der Waals surface area (Å²) in [5, 5.41) is 8.04. The largest absolute Gasteiger partial charge is 2.00 e. The van der Waals surface area contributed by atoms with Crippen LogP contribution in [0.4, 0.5) is 0 Å². The van der Waals surface area contributed by atoms with Crippen molar-refractivity contribution in [2.24, 2.45) is 0 Å². The second kappa shape index (κ2) is 3.67. The first-order valence-electron chi connectivity index (χ1n) is 2.12. The van der Waals surface area contributed by atoms with Gasteiger partial charge in [0.05, 0.1) is 19.1 Å². The Balaban J connectivity index is 0.000000490. The van der Waals surface area contributed by atoms with Crippen LogP contribution in [0.3, 0.4) is 0 Å². The zero-order valence-corrected chi connectivity index (χ0v) is 6.67. The first-order chi connectivity index (χ1) is 3.29. The molecule has 3 nitrogen and oxygen atoms in total. The van der Waals surface area contributed by atoms with Crippen molar-refractivity contribution >= 4 is 43.7 Å². The molecule has 1 aliphatic rings. The van der Waals surface area contributed by atoms with Crippen LogP contribution in [0.2, 0.25) is 0 Å². The van der Waals surface area contributed by atoms with Crippen molar-refractivity contribution in [3.63, 3.8) is 0 Å². The summed E-state index contributed by atoms with van der Waals surface area (Å²) in [6.07, 6.45) is 0.192. The normalized spacial score (nSPS) is 23.8. The molecule has 1 aliphatic heterocycles. The van der Waals surface area contributed by atoms with E-state index in [0.717, 1.165) is 0 Å². The van der Waals surface area contributed by atoms with Crippen LogP contribution in [0.15, 0.2) is 0 Å². The first-order valence-corrected chi connectivity index (χ1v) is 2.12. The van der Waals surface area contributed by atoms with Gasteiger partial charge >= 0.3 is 43.7 Å². The van der Waals surface area contributed by atoms with E-state index in [0.29, 0.717) is 6.61 Å². The zero-order chi connectivity index (χ0) is 5.28. The van der Waals surface area contributed by atoms with Gasteiger partial charge in [0.2, 0.25) is 0 Å². The SMILES string of the molecule is O=C(O)C[C@H]1CO1.[Ca+2]. The number of carbonyl (C=O) groups is 1. The summed E-state index contributed by atoms with van der Waals surface area (Å²) in [5.74, 6) is -0.775. The molecule has 0 bridgehead atoms. The van der Waals surface area contributed by atoms with E-state index in [1.54, 1.807) is 0 Å². The topological polar surface area (TPSA) is 49.8 Å². The number of ether oxygens (including phenoxy) is 1. The number of rotatable bonds is 2. The number of carboxylic acid groups (broad SMARTS) is 1. The van der Waals surface area contributed by atoms with Crippen LogP contribution in [0.25, 0.3) is 0 Å². The molecule has 1 N–H and O–H groups in total. The van der Waals surface area contributed by atoms with Gasteiger partial charge in [0, 0.05) is 0 Å². The standard InChI is InChI=1S/C4H6O3.Ca/c5-4(6)1-3-2-7-3;/h3H,1-2H2,(H,5,6);/q;+2/t3-;/m0./s1. The minimum absolute atomic E-state index is 0.